The molecule has 0 radical (unpaired) electrons. The Morgan fingerprint density at radius 1 is 1.12 bits per heavy atom. The van der Waals surface area contributed by atoms with Crippen LogP contribution >= 0.6 is 11.8 Å². The lowest BCUT2D eigenvalue weighted by atomic mass is 10.2. The predicted octanol–water partition coefficient (Wildman–Crippen LogP) is 4.26. The van der Waals surface area contributed by atoms with E-state index in [1.807, 2.05) is 42.5 Å². The quantitative estimate of drug-likeness (QED) is 0.472. The van der Waals surface area contributed by atoms with Crippen LogP contribution in [0.3, 0.4) is 0 Å². The lowest BCUT2D eigenvalue weighted by Gasteiger charge is -2.03. The Hall–Kier alpha value is -2.80. The van der Waals surface area contributed by atoms with Crippen LogP contribution in [0.1, 0.15) is 12.8 Å². The number of benzene rings is 2. The van der Waals surface area contributed by atoms with Crippen LogP contribution in [0.25, 0.3) is 11.5 Å². The standard InChI is InChI=1S/C19H19N3O3S/c1-24-16-11-6-5-10-15(16)18-21-22-19(25-18)20-17(23)12-7-13-26-14-8-3-2-4-9-14/h2-6,8-11H,7,12-13H2,1H3,(H,20,22,23). The molecule has 0 spiro atoms. The van der Waals surface area contributed by atoms with Gasteiger partial charge in [0.25, 0.3) is 5.89 Å². The first-order chi connectivity index (χ1) is 12.8. The highest BCUT2D eigenvalue weighted by Gasteiger charge is 2.14. The van der Waals surface area contributed by atoms with Gasteiger partial charge in [-0.15, -0.1) is 16.9 Å². The lowest BCUT2D eigenvalue weighted by molar-refractivity contribution is -0.116. The van der Waals surface area contributed by atoms with Crippen LogP contribution in [-0.4, -0.2) is 29.0 Å². The molecule has 1 heterocycles. The molecule has 134 valence electrons. The number of nitrogens with zero attached hydrogens (tertiary/aromatic N) is 2. The van der Waals surface area contributed by atoms with Gasteiger partial charge in [-0.2, -0.15) is 0 Å². The molecule has 6 nitrogen and oxygen atoms in total. The second-order valence-corrected chi connectivity index (χ2v) is 6.59. The number of hydrogen-bond acceptors (Lipinski definition) is 6. The van der Waals surface area contributed by atoms with Crippen molar-refractivity contribution in [3.8, 4) is 17.2 Å². The van der Waals surface area contributed by atoms with Crippen molar-refractivity contribution < 1.29 is 13.9 Å². The summed E-state index contributed by atoms with van der Waals surface area (Å²) in [5.41, 5.74) is 0.683. The molecule has 7 heteroatoms. The van der Waals surface area contributed by atoms with Crippen molar-refractivity contribution in [2.75, 3.05) is 18.2 Å². The van der Waals surface area contributed by atoms with E-state index in [1.54, 1.807) is 18.9 Å². The molecule has 0 unspecified atom stereocenters. The minimum Gasteiger partial charge on any atom is -0.496 e. The number of carbonyl (C=O) groups is 1. The Bertz CT molecular complexity index is 852. The predicted molar refractivity (Wildman–Crippen MR) is 101 cm³/mol. The molecule has 0 aliphatic heterocycles. The SMILES string of the molecule is COc1ccccc1-c1nnc(NC(=O)CCCSc2ccccc2)o1. The van der Waals surface area contributed by atoms with Crippen molar-refractivity contribution in [2.24, 2.45) is 0 Å². The second kappa shape index (κ2) is 9.05. The van der Waals surface area contributed by atoms with Gasteiger partial charge in [0.05, 0.1) is 12.7 Å². The van der Waals surface area contributed by atoms with Crippen molar-refractivity contribution in [1.29, 1.82) is 0 Å². The second-order valence-electron chi connectivity index (χ2n) is 5.43. The van der Waals surface area contributed by atoms with Crippen molar-refractivity contribution in [3.05, 3.63) is 54.6 Å². The molecule has 0 aliphatic carbocycles. The summed E-state index contributed by atoms with van der Waals surface area (Å²) in [5.74, 6) is 1.66. The average Bonchev–Trinajstić information content (AvgIpc) is 3.14. The van der Waals surface area contributed by atoms with Crippen LogP contribution in [0.15, 0.2) is 63.9 Å². The van der Waals surface area contributed by atoms with E-state index < -0.39 is 0 Å². The van der Waals surface area contributed by atoms with Crippen LogP contribution in [0.5, 0.6) is 5.75 Å². The van der Waals surface area contributed by atoms with Crippen molar-refractivity contribution in [3.63, 3.8) is 0 Å². The molecule has 0 fully saturated rings. The van der Waals surface area contributed by atoms with E-state index in [1.165, 1.54) is 4.90 Å². The zero-order valence-electron chi connectivity index (χ0n) is 14.3. The van der Waals surface area contributed by atoms with Gasteiger partial charge < -0.3 is 9.15 Å². The van der Waals surface area contributed by atoms with E-state index in [9.17, 15) is 4.79 Å². The van der Waals surface area contributed by atoms with E-state index in [4.69, 9.17) is 9.15 Å². The molecule has 0 atom stereocenters. The molecule has 1 N–H and O–H groups in total. The van der Waals surface area contributed by atoms with Gasteiger partial charge in [-0.3, -0.25) is 10.1 Å². The molecule has 3 aromatic rings. The smallest absolute Gasteiger partial charge is 0.322 e. The summed E-state index contributed by atoms with van der Waals surface area (Å²) in [6, 6.07) is 17.5. The Labute approximate surface area is 156 Å². The van der Waals surface area contributed by atoms with Crippen LogP contribution < -0.4 is 10.1 Å². The average molecular weight is 369 g/mol. The number of carbonyl (C=O) groups excluding carboxylic acids is 1. The summed E-state index contributed by atoms with van der Waals surface area (Å²) in [6.45, 7) is 0. The van der Waals surface area contributed by atoms with Gasteiger partial charge in [-0.1, -0.05) is 35.4 Å². The summed E-state index contributed by atoms with van der Waals surface area (Å²) in [7, 11) is 1.57. The van der Waals surface area contributed by atoms with Crippen LogP contribution in [0, 0.1) is 0 Å². The van der Waals surface area contributed by atoms with Crippen molar-refractivity contribution in [2.45, 2.75) is 17.7 Å². The molecule has 3 rings (SSSR count). The first-order valence-electron chi connectivity index (χ1n) is 8.21. The van der Waals surface area contributed by atoms with Gasteiger partial charge in [0, 0.05) is 11.3 Å². The fourth-order valence-electron chi connectivity index (χ4n) is 2.33. The van der Waals surface area contributed by atoms with Gasteiger partial charge >= 0.3 is 6.01 Å². The first kappa shape index (κ1) is 18.0. The third-order valence-corrected chi connectivity index (χ3v) is 4.67. The van der Waals surface area contributed by atoms with E-state index in [0.717, 1.165) is 12.2 Å². The first-order valence-corrected chi connectivity index (χ1v) is 9.19. The largest absolute Gasteiger partial charge is 0.496 e. The number of thioether (sulfide) groups is 1. The summed E-state index contributed by atoms with van der Waals surface area (Å²) in [4.78, 5) is 13.2. The Morgan fingerprint density at radius 2 is 1.88 bits per heavy atom. The topological polar surface area (TPSA) is 77.3 Å². The lowest BCUT2D eigenvalue weighted by Crippen LogP contribution is -2.11. The maximum atomic E-state index is 12.0. The number of amides is 1. The zero-order valence-corrected chi connectivity index (χ0v) is 15.2. The Kier molecular flexibility index (Phi) is 6.27. The van der Waals surface area contributed by atoms with Crippen LogP contribution in [-0.2, 0) is 4.79 Å². The molecule has 0 bridgehead atoms. The maximum absolute atomic E-state index is 12.0. The van der Waals surface area contributed by atoms with Gasteiger partial charge in [0.2, 0.25) is 5.91 Å². The fourth-order valence-corrected chi connectivity index (χ4v) is 3.20. The number of para-hydroxylation sites is 1. The molecule has 0 aliphatic rings. The summed E-state index contributed by atoms with van der Waals surface area (Å²) in [5, 5.41) is 10.5. The van der Waals surface area contributed by atoms with E-state index in [-0.39, 0.29) is 11.9 Å². The maximum Gasteiger partial charge on any atom is 0.322 e. The Morgan fingerprint density at radius 3 is 2.69 bits per heavy atom. The van der Waals surface area contributed by atoms with E-state index in [0.29, 0.717) is 23.6 Å². The minimum absolute atomic E-state index is 0.0895. The third-order valence-electron chi connectivity index (χ3n) is 3.57. The number of nitrogens with one attached hydrogen (secondary N) is 1. The minimum atomic E-state index is -0.145. The fraction of sp³-hybridized carbons (Fsp3) is 0.211. The molecule has 0 saturated heterocycles. The molecule has 26 heavy (non-hydrogen) atoms. The molecular formula is C19H19N3O3S. The summed E-state index contributed by atoms with van der Waals surface area (Å²) < 4.78 is 10.8. The number of ether oxygens (including phenoxy) is 1. The Balaban J connectivity index is 1.48. The van der Waals surface area contributed by atoms with Crippen LogP contribution in [0.2, 0.25) is 0 Å². The molecule has 0 saturated carbocycles. The highest BCUT2D eigenvalue weighted by molar-refractivity contribution is 7.99. The summed E-state index contributed by atoms with van der Waals surface area (Å²) >= 11 is 1.73. The number of anilines is 1. The van der Waals surface area contributed by atoms with Crippen LogP contribution in [0.4, 0.5) is 6.01 Å². The van der Waals surface area contributed by atoms with E-state index in [2.05, 4.69) is 27.6 Å². The third kappa shape index (κ3) is 4.86. The van der Waals surface area contributed by atoms with E-state index >= 15 is 0 Å². The number of methoxy groups -OCH3 is 1. The summed E-state index contributed by atoms with van der Waals surface area (Å²) in [6.07, 6.45) is 1.16. The van der Waals surface area contributed by atoms with Crippen molar-refractivity contribution in [1.82, 2.24) is 10.2 Å². The van der Waals surface area contributed by atoms with Gasteiger partial charge in [0.1, 0.15) is 5.75 Å². The van der Waals surface area contributed by atoms with Crippen molar-refractivity contribution >= 4 is 23.7 Å². The number of hydrogen-bond donors (Lipinski definition) is 1. The highest BCUT2D eigenvalue weighted by Crippen LogP contribution is 2.29. The number of rotatable bonds is 8. The molecular weight excluding hydrogens is 350 g/mol. The molecule has 2 aromatic carbocycles. The monoisotopic (exact) mass is 369 g/mol. The normalized spacial score (nSPS) is 10.5. The number of aromatic nitrogens is 2. The van der Waals surface area contributed by atoms with Gasteiger partial charge in [-0.25, -0.2) is 0 Å². The van der Waals surface area contributed by atoms with Gasteiger partial charge in [-0.05, 0) is 36.4 Å². The zero-order chi connectivity index (χ0) is 18.2. The van der Waals surface area contributed by atoms with Gasteiger partial charge in [0.15, 0.2) is 0 Å². The molecule has 1 amide bonds. The highest BCUT2D eigenvalue weighted by atomic mass is 32.2. The molecule has 1 aromatic heterocycles.